The fourth-order valence-corrected chi connectivity index (χ4v) is 3.61. The SMILES string of the molecule is CCS(=O)(=O)CCNC(=NC)N1CCN(c2ncc(Br)c(OC)n2)CC1. The molecule has 2 heterocycles. The van der Waals surface area contributed by atoms with Crippen molar-refractivity contribution in [2.75, 3.05) is 63.3 Å². The summed E-state index contributed by atoms with van der Waals surface area (Å²) in [6.07, 6.45) is 1.68. The first-order chi connectivity index (χ1) is 12.4. The van der Waals surface area contributed by atoms with Crippen molar-refractivity contribution < 1.29 is 13.2 Å². The molecule has 9 nitrogen and oxygen atoms in total. The van der Waals surface area contributed by atoms with Crippen LogP contribution >= 0.6 is 15.9 Å². The van der Waals surface area contributed by atoms with Gasteiger partial charge in [0.1, 0.15) is 0 Å². The molecular weight excluding hydrogens is 424 g/mol. The number of rotatable bonds is 6. The summed E-state index contributed by atoms with van der Waals surface area (Å²) in [5.74, 6) is 2.11. The summed E-state index contributed by atoms with van der Waals surface area (Å²) < 4.78 is 29.1. The summed E-state index contributed by atoms with van der Waals surface area (Å²) >= 11 is 3.35. The predicted octanol–water partition coefficient (Wildman–Crippen LogP) is 0.380. The lowest BCUT2D eigenvalue weighted by Crippen LogP contribution is -2.53. The van der Waals surface area contributed by atoms with Crippen molar-refractivity contribution in [3.8, 4) is 5.88 Å². The minimum atomic E-state index is -2.99. The summed E-state index contributed by atoms with van der Waals surface area (Å²) in [5, 5.41) is 3.13. The standard InChI is InChI=1S/C15H25BrN6O3S/c1-4-26(23,24)10-5-18-14(17-2)21-6-8-22(9-7-21)15-19-11-12(16)13(20-15)25-3/h11H,4-10H2,1-3H3,(H,17,18). The van der Waals surface area contributed by atoms with E-state index in [0.717, 1.165) is 26.2 Å². The number of nitrogens with one attached hydrogen (secondary N) is 1. The van der Waals surface area contributed by atoms with Crippen molar-refractivity contribution in [1.82, 2.24) is 20.2 Å². The molecule has 0 unspecified atom stereocenters. The Hall–Kier alpha value is -1.62. The molecule has 1 fully saturated rings. The van der Waals surface area contributed by atoms with E-state index in [9.17, 15) is 8.42 Å². The quantitative estimate of drug-likeness (QED) is 0.492. The highest BCUT2D eigenvalue weighted by molar-refractivity contribution is 9.10. The van der Waals surface area contributed by atoms with E-state index in [-0.39, 0.29) is 11.5 Å². The third-order valence-corrected chi connectivity index (χ3v) is 6.35. The van der Waals surface area contributed by atoms with Gasteiger partial charge in [0.2, 0.25) is 11.8 Å². The molecule has 1 aliphatic rings. The molecular formula is C15H25BrN6O3S. The predicted molar refractivity (Wildman–Crippen MR) is 106 cm³/mol. The molecule has 0 saturated carbocycles. The molecule has 1 N–H and O–H groups in total. The highest BCUT2D eigenvalue weighted by Gasteiger charge is 2.22. The topological polar surface area (TPSA) is 100 Å². The fourth-order valence-electron chi connectivity index (χ4n) is 2.55. The van der Waals surface area contributed by atoms with E-state index in [4.69, 9.17) is 4.74 Å². The molecule has 0 aromatic carbocycles. The number of methoxy groups -OCH3 is 1. The Morgan fingerprint density at radius 1 is 1.38 bits per heavy atom. The van der Waals surface area contributed by atoms with Gasteiger partial charge in [-0.1, -0.05) is 6.92 Å². The van der Waals surface area contributed by atoms with Crippen LogP contribution in [0.25, 0.3) is 0 Å². The van der Waals surface area contributed by atoms with Gasteiger partial charge >= 0.3 is 0 Å². The fraction of sp³-hybridized carbons (Fsp3) is 0.667. The van der Waals surface area contributed by atoms with E-state index in [1.807, 2.05) is 0 Å². The lowest BCUT2D eigenvalue weighted by molar-refractivity contribution is 0.367. The number of nitrogens with zero attached hydrogens (tertiary/aromatic N) is 5. The van der Waals surface area contributed by atoms with Crippen LogP contribution in [-0.2, 0) is 9.84 Å². The van der Waals surface area contributed by atoms with Crippen molar-refractivity contribution in [3.05, 3.63) is 10.7 Å². The lowest BCUT2D eigenvalue weighted by Gasteiger charge is -2.36. The van der Waals surface area contributed by atoms with Crippen molar-refractivity contribution in [3.63, 3.8) is 0 Å². The van der Waals surface area contributed by atoms with Gasteiger partial charge in [-0.2, -0.15) is 4.98 Å². The number of guanidine groups is 1. The first-order valence-corrected chi connectivity index (χ1v) is 11.0. The Bertz CT molecular complexity index is 735. The number of aliphatic imine (C=N–C) groups is 1. The normalized spacial score (nSPS) is 15.9. The van der Waals surface area contributed by atoms with Crippen LogP contribution in [0.15, 0.2) is 15.7 Å². The molecule has 0 spiro atoms. The second kappa shape index (κ2) is 9.36. The van der Waals surface area contributed by atoms with Crippen molar-refractivity contribution >= 4 is 37.7 Å². The van der Waals surface area contributed by atoms with Gasteiger partial charge in [0, 0.05) is 45.5 Å². The maximum Gasteiger partial charge on any atom is 0.232 e. The monoisotopic (exact) mass is 448 g/mol. The smallest absolute Gasteiger partial charge is 0.232 e. The zero-order valence-electron chi connectivity index (χ0n) is 15.3. The van der Waals surface area contributed by atoms with Gasteiger partial charge in [-0.25, -0.2) is 13.4 Å². The average Bonchev–Trinajstić information content (AvgIpc) is 2.66. The van der Waals surface area contributed by atoms with Gasteiger partial charge in [0.25, 0.3) is 0 Å². The highest BCUT2D eigenvalue weighted by Crippen LogP contribution is 2.23. The Labute approximate surface area is 162 Å². The molecule has 26 heavy (non-hydrogen) atoms. The van der Waals surface area contributed by atoms with Gasteiger partial charge < -0.3 is 19.9 Å². The van der Waals surface area contributed by atoms with Gasteiger partial charge in [-0.15, -0.1) is 0 Å². The van der Waals surface area contributed by atoms with Gasteiger partial charge in [0.05, 0.1) is 23.5 Å². The number of aromatic nitrogens is 2. The molecule has 0 radical (unpaired) electrons. The van der Waals surface area contributed by atoms with E-state index in [1.54, 1.807) is 27.3 Å². The molecule has 0 amide bonds. The average molecular weight is 449 g/mol. The van der Waals surface area contributed by atoms with Crippen LogP contribution in [0.3, 0.4) is 0 Å². The molecule has 2 rings (SSSR count). The number of anilines is 1. The number of piperazine rings is 1. The van der Waals surface area contributed by atoms with Crippen LogP contribution < -0.4 is 15.0 Å². The molecule has 0 aliphatic carbocycles. The molecule has 146 valence electrons. The molecule has 11 heteroatoms. The molecule has 1 aliphatic heterocycles. The van der Waals surface area contributed by atoms with Crippen LogP contribution in [0.5, 0.6) is 5.88 Å². The van der Waals surface area contributed by atoms with E-state index < -0.39 is 9.84 Å². The highest BCUT2D eigenvalue weighted by atomic mass is 79.9. The van der Waals surface area contributed by atoms with Gasteiger partial charge in [0.15, 0.2) is 15.8 Å². The van der Waals surface area contributed by atoms with E-state index in [0.29, 0.717) is 28.8 Å². The zero-order chi connectivity index (χ0) is 19.2. The Balaban J connectivity index is 1.90. The van der Waals surface area contributed by atoms with Crippen LogP contribution in [-0.4, -0.2) is 87.6 Å². The third kappa shape index (κ3) is 5.44. The molecule has 1 aromatic heterocycles. The third-order valence-electron chi connectivity index (χ3n) is 4.10. The molecule has 1 aromatic rings. The first-order valence-electron chi connectivity index (χ1n) is 8.37. The summed E-state index contributed by atoms with van der Waals surface area (Å²) in [7, 11) is 0.287. The maximum absolute atomic E-state index is 11.6. The number of ether oxygens (including phenoxy) is 1. The maximum atomic E-state index is 11.6. The van der Waals surface area contributed by atoms with Crippen LogP contribution in [0.2, 0.25) is 0 Å². The zero-order valence-corrected chi connectivity index (χ0v) is 17.7. The summed E-state index contributed by atoms with van der Waals surface area (Å²) in [5.41, 5.74) is 0. The van der Waals surface area contributed by atoms with Gasteiger partial charge in [-0.3, -0.25) is 4.99 Å². The Morgan fingerprint density at radius 3 is 2.65 bits per heavy atom. The van der Waals surface area contributed by atoms with Crippen molar-refractivity contribution in [1.29, 1.82) is 0 Å². The van der Waals surface area contributed by atoms with Crippen molar-refractivity contribution in [2.24, 2.45) is 4.99 Å². The first kappa shape index (κ1) is 20.7. The Kier molecular flexibility index (Phi) is 7.44. The van der Waals surface area contributed by atoms with Crippen LogP contribution in [0.1, 0.15) is 6.92 Å². The molecule has 0 atom stereocenters. The molecule has 0 bridgehead atoms. The van der Waals surface area contributed by atoms with Crippen LogP contribution in [0.4, 0.5) is 5.95 Å². The number of hydrogen-bond donors (Lipinski definition) is 1. The number of hydrogen-bond acceptors (Lipinski definition) is 7. The number of halogens is 1. The Morgan fingerprint density at radius 2 is 2.08 bits per heavy atom. The van der Waals surface area contributed by atoms with E-state index in [1.165, 1.54) is 0 Å². The molecule has 1 saturated heterocycles. The minimum Gasteiger partial charge on any atom is -0.480 e. The van der Waals surface area contributed by atoms with Crippen LogP contribution in [0, 0.1) is 0 Å². The lowest BCUT2D eigenvalue weighted by atomic mass is 10.3. The largest absolute Gasteiger partial charge is 0.480 e. The summed E-state index contributed by atoms with van der Waals surface area (Å²) in [4.78, 5) is 17.2. The second-order valence-electron chi connectivity index (χ2n) is 5.71. The van der Waals surface area contributed by atoms with Crippen molar-refractivity contribution in [2.45, 2.75) is 6.92 Å². The second-order valence-corrected chi connectivity index (χ2v) is 9.04. The van der Waals surface area contributed by atoms with Gasteiger partial charge in [-0.05, 0) is 15.9 Å². The summed E-state index contributed by atoms with van der Waals surface area (Å²) in [6, 6.07) is 0. The van der Waals surface area contributed by atoms with E-state index in [2.05, 4.69) is 46.0 Å². The summed E-state index contributed by atoms with van der Waals surface area (Å²) in [6.45, 7) is 4.96. The minimum absolute atomic E-state index is 0.106. The number of sulfone groups is 1. The van der Waals surface area contributed by atoms with E-state index >= 15 is 0 Å².